The molecule has 0 radical (unpaired) electrons. The molecule has 0 spiro atoms. The number of nitrogens with zero attached hydrogens (tertiary/aromatic N) is 3. The molecule has 0 bridgehead atoms. The third kappa shape index (κ3) is 4.60. The normalized spacial score (nSPS) is 15.1. The quantitative estimate of drug-likeness (QED) is 0.276. The van der Waals surface area contributed by atoms with E-state index in [9.17, 15) is 8.42 Å². The molecule has 5 rings (SSSR count). The highest BCUT2D eigenvalue weighted by Crippen LogP contribution is 2.38. The molecule has 3 heterocycles. The Kier molecular flexibility index (Phi) is 6.89. The van der Waals surface area contributed by atoms with E-state index in [-0.39, 0.29) is 4.90 Å². The van der Waals surface area contributed by atoms with Gasteiger partial charge in [-0.05, 0) is 81.1 Å². The average molecular weight is 619 g/mol. The fourth-order valence-electron chi connectivity index (χ4n) is 4.71. The summed E-state index contributed by atoms with van der Waals surface area (Å²) in [6.07, 6.45) is 3.55. The highest BCUT2D eigenvalue weighted by atomic mass is 79.9. The molecule has 6 nitrogen and oxygen atoms in total. The maximum Gasteiger partial charge on any atom is 0.268 e. The lowest BCUT2D eigenvalue weighted by molar-refractivity contribution is 0.0344. The number of fused-ring (bicyclic) bond motifs is 3. The standard InChI is InChI=1S/C26H25Br2N3O3S/c1-17-6-8-20(9-7-17)35(32,33)31-22-5-3-4-19(16-30-10-12-34-13-11-30)26(22)25-18(2)21(14-24(27)28)29-15-23(25)31/h3-9,14-15H,10-13,16H2,1-2H3. The maximum atomic E-state index is 14.0. The first-order chi connectivity index (χ1) is 16.8. The van der Waals surface area contributed by atoms with Crippen LogP contribution in [0, 0.1) is 13.8 Å². The second-order valence-electron chi connectivity index (χ2n) is 8.74. The number of aryl methyl sites for hydroxylation is 2. The Bertz CT molecular complexity index is 1550. The van der Waals surface area contributed by atoms with Gasteiger partial charge in [0, 0.05) is 30.4 Å². The number of rotatable bonds is 5. The number of aromatic nitrogens is 2. The maximum absolute atomic E-state index is 14.0. The lowest BCUT2D eigenvalue weighted by Gasteiger charge is -2.27. The van der Waals surface area contributed by atoms with Crippen LogP contribution in [0.15, 0.2) is 56.9 Å². The number of halogens is 2. The second kappa shape index (κ2) is 9.78. The zero-order valence-corrected chi connectivity index (χ0v) is 23.5. The van der Waals surface area contributed by atoms with Gasteiger partial charge in [0.05, 0.1) is 44.4 Å². The minimum Gasteiger partial charge on any atom is -0.379 e. The van der Waals surface area contributed by atoms with Gasteiger partial charge in [0.25, 0.3) is 10.0 Å². The zero-order chi connectivity index (χ0) is 24.7. The molecule has 1 aliphatic heterocycles. The summed E-state index contributed by atoms with van der Waals surface area (Å²) in [7, 11) is -3.86. The molecule has 182 valence electrons. The van der Waals surface area contributed by atoms with Crippen molar-refractivity contribution < 1.29 is 13.2 Å². The van der Waals surface area contributed by atoms with E-state index in [0.29, 0.717) is 24.2 Å². The molecule has 0 saturated carbocycles. The summed E-state index contributed by atoms with van der Waals surface area (Å²) in [6, 6.07) is 12.9. The average Bonchev–Trinajstić information content (AvgIpc) is 3.18. The van der Waals surface area contributed by atoms with Crippen molar-refractivity contribution >= 4 is 69.8 Å². The van der Waals surface area contributed by atoms with E-state index in [2.05, 4.69) is 47.8 Å². The topological polar surface area (TPSA) is 64.4 Å². The van der Waals surface area contributed by atoms with E-state index >= 15 is 0 Å². The van der Waals surface area contributed by atoms with E-state index in [4.69, 9.17) is 4.74 Å². The number of hydrogen-bond donors (Lipinski definition) is 0. The number of ether oxygens (including phenoxy) is 1. The second-order valence-corrected chi connectivity index (χ2v) is 13.3. The summed E-state index contributed by atoms with van der Waals surface area (Å²) in [5.41, 5.74) is 5.04. The molecule has 1 aliphatic rings. The van der Waals surface area contributed by atoms with Crippen LogP contribution in [0.25, 0.3) is 27.9 Å². The van der Waals surface area contributed by atoms with E-state index in [1.807, 2.05) is 44.2 Å². The molecule has 1 saturated heterocycles. The van der Waals surface area contributed by atoms with Gasteiger partial charge in [-0.15, -0.1) is 0 Å². The summed E-state index contributed by atoms with van der Waals surface area (Å²) in [5, 5.41) is 1.85. The van der Waals surface area contributed by atoms with Crippen molar-refractivity contribution in [2.45, 2.75) is 25.3 Å². The molecule has 0 aliphatic carbocycles. The Balaban J connectivity index is 1.83. The van der Waals surface area contributed by atoms with Crippen molar-refractivity contribution in [1.29, 1.82) is 0 Å². The minimum atomic E-state index is -3.86. The van der Waals surface area contributed by atoms with Gasteiger partial charge in [-0.1, -0.05) is 29.8 Å². The first kappa shape index (κ1) is 24.6. The Hall–Kier alpha value is -2.04. The highest BCUT2D eigenvalue weighted by molar-refractivity contribution is 9.28. The molecule has 0 atom stereocenters. The van der Waals surface area contributed by atoms with Crippen molar-refractivity contribution in [3.63, 3.8) is 0 Å². The first-order valence-corrected chi connectivity index (χ1v) is 14.4. The van der Waals surface area contributed by atoms with Gasteiger partial charge >= 0.3 is 0 Å². The van der Waals surface area contributed by atoms with Crippen LogP contribution in [0.2, 0.25) is 0 Å². The molecule has 1 fully saturated rings. The SMILES string of the molecule is Cc1ccc(S(=O)(=O)n2c3cccc(CN4CCOCC4)c3c3c(C)c(C=C(Br)Br)ncc32)cc1. The van der Waals surface area contributed by atoms with E-state index < -0.39 is 10.0 Å². The Morgan fingerprint density at radius 2 is 1.74 bits per heavy atom. The van der Waals surface area contributed by atoms with Crippen LogP contribution < -0.4 is 0 Å². The zero-order valence-electron chi connectivity index (χ0n) is 19.5. The molecule has 0 unspecified atom stereocenters. The number of hydrogen-bond acceptors (Lipinski definition) is 5. The van der Waals surface area contributed by atoms with Gasteiger partial charge in [0.2, 0.25) is 0 Å². The number of pyridine rings is 1. The van der Waals surface area contributed by atoms with Gasteiger partial charge in [-0.3, -0.25) is 9.88 Å². The predicted molar refractivity (Wildman–Crippen MR) is 148 cm³/mol. The van der Waals surface area contributed by atoms with Gasteiger partial charge in [0.15, 0.2) is 0 Å². The molecule has 9 heteroatoms. The summed E-state index contributed by atoms with van der Waals surface area (Å²) >= 11 is 6.86. The Labute approximate surface area is 221 Å². The number of benzene rings is 2. The van der Waals surface area contributed by atoms with Crippen LogP contribution in [0.5, 0.6) is 0 Å². The molecule has 2 aromatic carbocycles. The van der Waals surface area contributed by atoms with Crippen molar-refractivity contribution in [2.24, 2.45) is 0 Å². The Morgan fingerprint density at radius 3 is 2.43 bits per heavy atom. The molecular weight excluding hydrogens is 594 g/mol. The van der Waals surface area contributed by atoms with Crippen LogP contribution >= 0.6 is 31.9 Å². The number of morpholine rings is 1. The molecule has 35 heavy (non-hydrogen) atoms. The van der Waals surface area contributed by atoms with Crippen LogP contribution in [0.1, 0.15) is 22.4 Å². The summed E-state index contributed by atoms with van der Waals surface area (Å²) in [6.45, 7) is 7.77. The lowest BCUT2D eigenvalue weighted by Crippen LogP contribution is -2.35. The summed E-state index contributed by atoms with van der Waals surface area (Å²) in [5.74, 6) is 0. The van der Waals surface area contributed by atoms with Crippen molar-refractivity contribution in [2.75, 3.05) is 26.3 Å². The van der Waals surface area contributed by atoms with Crippen LogP contribution in [-0.2, 0) is 21.3 Å². The van der Waals surface area contributed by atoms with Gasteiger partial charge < -0.3 is 4.74 Å². The Morgan fingerprint density at radius 1 is 1.03 bits per heavy atom. The van der Waals surface area contributed by atoms with Crippen LogP contribution in [0.4, 0.5) is 0 Å². The summed E-state index contributed by atoms with van der Waals surface area (Å²) in [4.78, 5) is 7.22. The third-order valence-corrected chi connectivity index (χ3v) is 8.66. The van der Waals surface area contributed by atoms with Gasteiger partial charge in [-0.2, -0.15) is 0 Å². The van der Waals surface area contributed by atoms with E-state index in [1.165, 1.54) is 3.97 Å². The van der Waals surface area contributed by atoms with E-state index in [1.54, 1.807) is 18.3 Å². The van der Waals surface area contributed by atoms with Crippen molar-refractivity contribution in [3.05, 3.63) is 74.4 Å². The van der Waals surface area contributed by atoms with Crippen molar-refractivity contribution in [1.82, 2.24) is 13.9 Å². The lowest BCUT2D eigenvalue weighted by atomic mass is 10.0. The smallest absolute Gasteiger partial charge is 0.268 e. The first-order valence-electron chi connectivity index (χ1n) is 11.3. The predicted octanol–water partition coefficient (Wildman–Crippen LogP) is 5.96. The van der Waals surface area contributed by atoms with Gasteiger partial charge in [0.1, 0.15) is 0 Å². The monoisotopic (exact) mass is 617 g/mol. The molecule has 0 N–H and O–H groups in total. The van der Waals surface area contributed by atoms with E-state index in [0.717, 1.165) is 56.2 Å². The largest absolute Gasteiger partial charge is 0.379 e. The van der Waals surface area contributed by atoms with Crippen LogP contribution in [0.3, 0.4) is 0 Å². The highest BCUT2D eigenvalue weighted by Gasteiger charge is 2.27. The summed E-state index contributed by atoms with van der Waals surface area (Å²) < 4.78 is 35.7. The molecule has 0 amide bonds. The fourth-order valence-corrected chi connectivity index (χ4v) is 6.64. The minimum absolute atomic E-state index is 0.255. The molecular formula is C26H25Br2N3O3S. The third-order valence-electron chi connectivity index (χ3n) is 6.46. The van der Waals surface area contributed by atoms with Gasteiger partial charge in [-0.25, -0.2) is 12.4 Å². The molecule has 2 aromatic heterocycles. The fraction of sp³-hybridized carbons (Fsp3) is 0.269. The van der Waals surface area contributed by atoms with Crippen molar-refractivity contribution in [3.8, 4) is 0 Å². The van der Waals surface area contributed by atoms with Crippen LogP contribution in [-0.4, -0.2) is 48.6 Å². The molecule has 4 aromatic rings.